The van der Waals surface area contributed by atoms with E-state index >= 15 is 0 Å². The molecule has 0 unspecified atom stereocenters. The summed E-state index contributed by atoms with van der Waals surface area (Å²) in [6.45, 7) is 10.5. The lowest BCUT2D eigenvalue weighted by Gasteiger charge is -2.10. The lowest BCUT2D eigenvalue weighted by molar-refractivity contribution is 0.0956. The zero-order valence-electron chi connectivity index (χ0n) is 16.9. The molecule has 28 heavy (non-hydrogen) atoms. The van der Waals surface area contributed by atoms with Crippen molar-refractivity contribution in [3.8, 4) is 0 Å². The number of benzene rings is 1. The second-order valence-corrected chi connectivity index (χ2v) is 6.48. The number of halogens is 1. The molecular weight excluding hydrogens is 469 g/mol. The largest absolute Gasteiger partial charge is 0.359 e. The Labute approximate surface area is 183 Å². The van der Waals surface area contributed by atoms with E-state index in [1.165, 1.54) is 0 Å². The van der Waals surface area contributed by atoms with Crippen LogP contribution in [0.2, 0.25) is 0 Å². The van der Waals surface area contributed by atoms with Gasteiger partial charge in [-0.2, -0.15) is 0 Å². The predicted octanol–water partition coefficient (Wildman–Crippen LogP) is 3.42. The normalized spacial score (nSPS) is 11.1. The van der Waals surface area contributed by atoms with Crippen molar-refractivity contribution < 1.29 is 9.32 Å². The highest BCUT2D eigenvalue weighted by Gasteiger charge is 2.08. The topological polar surface area (TPSA) is 91.5 Å². The molecule has 1 amide bonds. The molecule has 0 spiro atoms. The van der Waals surface area contributed by atoms with Crippen LogP contribution in [0, 0.1) is 0 Å². The number of aromatic nitrogens is 1. The van der Waals surface area contributed by atoms with E-state index < -0.39 is 0 Å². The molecule has 0 aliphatic rings. The second kappa shape index (κ2) is 12.4. The molecular formula is C20H30IN5O2. The van der Waals surface area contributed by atoms with Gasteiger partial charge in [-0.25, -0.2) is 4.99 Å². The van der Waals surface area contributed by atoms with Crippen molar-refractivity contribution in [1.82, 2.24) is 21.1 Å². The molecule has 0 saturated heterocycles. The second-order valence-electron chi connectivity index (χ2n) is 6.48. The molecule has 0 aliphatic carbocycles. The van der Waals surface area contributed by atoms with Crippen LogP contribution in [0.25, 0.3) is 0 Å². The Hall–Kier alpha value is -2.10. The van der Waals surface area contributed by atoms with Crippen molar-refractivity contribution in [3.63, 3.8) is 0 Å². The van der Waals surface area contributed by atoms with Gasteiger partial charge in [-0.3, -0.25) is 4.79 Å². The first-order valence-corrected chi connectivity index (χ1v) is 9.38. The Morgan fingerprint density at radius 2 is 1.79 bits per heavy atom. The molecule has 154 valence electrons. The van der Waals surface area contributed by atoms with Crippen LogP contribution in [-0.4, -0.2) is 30.1 Å². The zero-order valence-corrected chi connectivity index (χ0v) is 19.2. The number of amides is 1. The summed E-state index contributed by atoms with van der Waals surface area (Å²) >= 11 is 0. The lowest BCUT2D eigenvalue weighted by Crippen LogP contribution is -2.36. The minimum absolute atomic E-state index is 0. The number of rotatable bonds is 8. The molecule has 1 aromatic heterocycles. The molecule has 3 N–H and O–H groups in total. The number of nitrogens with zero attached hydrogens (tertiary/aromatic N) is 2. The minimum atomic E-state index is -0.0598. The summed E-state index contributed by atoms with van der Waals surface area (Å²) in [5.74, 6) is 1.76. The fourth-order valence-electron chi connectivity index (χ4n) is 2.39. The zero-order chi connectivity index (χ0) is 19.6. The number of hydrogen-bond acceptors (Lipinski definition) is 4. The van der Waals surface area contributed by atoms with E-state index in [9.17, 15) is 4.79 Å². The molecule has 0 saturated carbocycles. The van der Waals surface area contributed by atoms with Gasteiger partial charge in [-0.1, -0.05) is 31.1 Å². The van der Waals surface area contributed by atoms with Crippen LogP contribution in [0.3, 0.4) is 0 Å². The van der Waals surface area contributed by atoms with Gasteiger partial charge in [0.2, 0.25) is 0 Å². The summed E-state index contributed by atoms with van der Waals surface area (Å²) < 4.78 is 5.34. The average molecular weight is 499 g/mol. The molecule has 0 radical (unpaired) electrons. The third kappa shape index (κ3) is 7.49. The molecule has 0 fully saturated rings. The monoisotopic (exact) mass is 499 g/mol. The van der Waals surface area contributed by atoms with E-state index in [2.05, 4.69) is 39.9 Å². The average Bonchev–Trinajstić information content (AvgIpc) is 3.14. The molecule has 0 bridgehead atoms. The molecule has 0 aliphatic heterocycles. The SMILES string of the molecule is CCNC(=O)c1ccc(CN=C(NCC)NCc2cc(C(C)C)no2)cc1.I. The Bertz CT molecular complexity index is 756. The van der Waals surface area contributed by atoms with Gasteiger partial charge >= 0.3 is 0 Å². The quantitative estimate of drug-likeness (QED) is 0.294. The van der Waals surface area contributed by atoms with Gasteiger partial charge in [-0.05, 0) is 37.5 Å². The van der Waals surface area contributed by atoms with Crippen LogP contribution in [-0.2, 0) is 13.1 Å². The summed E-state index contributed by atoms with van der Waals surface area (Å²) in [4.78, 5) is 16.4. The van der Waals surface area contributed by atoms with Crippen LogP contribution in [0.5, 0.6) is 0 Å². The van der Waals surface area contributed by atoms with E-state index in [-0.39, 0.29) is 29.9 Å². The smallest absolute Gasteiger partial charge is 0.251 e. The van der Waals surface area contributed by atoms with Crippen molar-refractivity contribution in [1.29, 1.82) is 0 Å². The van der Waals surface area contributed by atoms with Crippen LogP contribution < -0.4 is 16.0 Å². The van der Waals surface area contributed by atoms with Gasteiger partial charge in [-0.15, -0.1) is 24.0 Å². The molecule has 2 rings (SSSR count). The van der Waals surface area contributed by atoms with Crippen LogP contribution in [0.1, 0.15) is 61.0 Å². The van der Waals surface area contributed by atoms with Gasteiger partial charge in [0.1, 0.15) is 0 Å². The van der Waals surface area contributed by atoms with Crippen molar-refractivity contribution in [3.05, 3.63) is 52.9 Å². The maximum atomic E-state index is 11.8. The minimum Gasteiger partial charge on any atom is -0.359 e. The van der Waals surface area contributed by atoms with E-state index in [4.69, 9.17) is 4.52 Å². The van der Waals surface area contributed by atoms with Crippen molar-refractivity contribution in [2.45, 2.75) is 46.7 Å². The number of hydrogen-bond donors (Lipinski definition) is 3. The van der Waals surface area contributed by atoms with Gasteiger partial charge in [0.05, 0.1) is 18.8 Å². The number of carbonyl (C=O) groups is 1. The van der Waals surface area contributed by atoms with Gasteiger partial charge in [0.15, 0.2) is 11.7 Å². The molecule has 8 heteroatoms. The highest BCUT2D eigenvalue weighted by atomic mass is 127. The molecule has 1 aromatic carbocycles. The predicted molar refractivity (Wildman–Crippen MR) is 122 cm³/mol. The first-order valence-electron chi connectivity index (χ1n) is 9.38. The first-order chi connectivity index (χ1) is 13.0. The number of aliphatic imine (C=N–C) groups is 1. The summed E-state index contributed by atoms with van der Waals surface area (Å²) in [6, 6.07) is 9.43. The third-order valence-electron chi connectivity index (χ3n) is 3.92. The summed E-state index contributed by atoms with van der Waals surface area (Å²) in [7, 11) is 0. The summed E-state index contributed by atoms with van der Waals surface area (Å²) in [5.41, 5.74) is 2.63. The van der Waals surface area contributed by atoms with E-state index in [0.29, 0.717) is 37.1 Å². The fourth-order valence-corrected chi connectivity index (χ4v) is 2.39. The summed E-state index contributed by atoms with van der Waals surface area (Å²) in [6.07, 6.45) is 0. The van der Waals surface area contributed by atoms with Crippen LogP contribution in [0.15, 0.2) is 39.8 Å². The molecule has 0 atom stereocenters. The molecule has 1 heterocycles. The molecule has 2 aromatic rings. The van der Waals surface area contributed by atoms with E-state index in [0.717, 1.165) is 23.6 Å². The summed E-state index contributed by atoms with van der Waals surface area (Å²) in [5, 5.41) is 13.3. The van der Waals surface area contributed by atoms with Crippen molar-refractivity contribution in [2.75, 3.05) is 13.1 Å². The number of carbonyl (C=O) groups excluding carboxylic acids is 1. The Balaban J connectivity index is 0.00000392. The van der Waals surface area contributed by atoms with E-state index in [1.54, 1.807) is 0 Å². The third-order valence-corrected chi connectivity index (χ3v) is 3.92. The maximum Gasteiger partial charge on any atom is 0.251 e. The van der Waals surface area contributed by atoms with E-state index in [1.807, 2.05) is 44.2 Å². The van der Waals surface area contributed by atoms with Gasteiger partial charge < -0.3 is 20.5 Å². The first kappa shape index (κ1) is 23.9. The van der Waals surface area contributed by atoms with Gasteiger partial charge in [0.25, 0.3) is 5.91 Å². The number of guanidine groups is 1. The van der Waals surface area contributed by atoms with Crippen molar-refractivity contribution in [2.24, 2.45) is 4.99 Å². The Morgan fingerprint density at radius 1 is 1.11 bits per heavy atom. The fraction of sp³-hybridized carbons (Fsp3) is 0.450. The highest BCUT2D eigenvalue weighted by molar-refractivity contribution is 14.0. The highest BCUT2D eigenvalue weighted by Crippen LogP contribution is 2.13. The van der Waals surface area contributed by atoms with Crippen molar-refractivity contribution >= 4 is 35.8 Å². The molecule has 7 nitrogen and oxygen atoms in total. The number of nitrogens with one attached hydrogen (secondary N) is 3. The maximum absolute atomic E-state index is 11.8. The van der Waals surface area contributed by atoms with Crippen LogP contribution in [0.4, 0.5) is 0 Å². The van der Waals surface area contributed by atoms with Crippen LogP contribution >= 0.6 is 24.0 Å². The Kier molecular flexibility index (Phi) is 10.6. The van der Waals surface area contributed by atoms with Gasteiger partial charge in [0, 0.05) is 24.7 Å². The standard InChI is InChI=1S/C20H29N5O2.HI/c1-5-21-19(26)16-9-7-15(8-10-16)12-23-20(22-6-2)24-13-17-11-18(14(3)4)25-27-17;/h7-11,14H,5-6,12-13H2,1-4H3,(H,21,26)(H2,22,23,24);1H. The lowest BCUT2D eigenvalue weighted by atomic mass is 10.1. The Morgan fingerprint density at radius 3 is 2.36 bits per heavy atom.